The molecule has 7 heteroatoms. The summed E-state index contributed by atoms with van der Waals surface area (Å²) in [5.41, 5.74) is 0. The number of aliphatic carboxylic acids is 1. The minimum absolute atomic E-state index is 0.0510. The second kappa shape index (κ2) is 8.07. The minimum atomic E-state index is -0.991. The van der Waals surface area contributed by atoms with Gasteiger partial charge in [-0.25, -0.2) is 4.79 Å². The van der Waals surface area contributed by atoms with Crippen molar-refractivity contribution in [3.05, 3.63) is 0 Å². The van der Waals surface area contributed by atoms with Gasteiger partial charge in [-0.3, -0.25) is 9.00 Å². The van der Waals surface area contributed by atoms with Gasteiger partial charge in [0.25, 0.3) is 0 Å². The molecule has 0 aliphatic carbocycles. The summed E-state index contributed by atoms with van der Waals surface area (Å²) in [6.45, 7) is 5.74. The van der Waals surface area contributed by atoms with Crippen molar-refractivity contribution in [2.45, 2.75) is 26.0 Å². The molecule has 6 nitrogen and oxygen atoms in total. The van der Waals surface area contributed by atoms with Crippen molar-refractivity contribution in [3.8, 4) is 0 Å². The molecule has 0 aliphatic heterocycles. The van der Waals surface area contributed by atoms with Crippen LogP contribution in [0.3, 0.4) is 0 Å². The van der Waals surface area contributed by atoms with Crippen LogP contribution < -0.4 is 10.6 Å². The molecule has 0 rings (SSSR count). The van der Waals surface area contributed by atoms with E-state index in [1.807, 2.05) is 0 Å². The predicted octanol–water partition coefficient (Wildman–Crippen LogP) is 0.409. The topological polar surface area (TPSA) is 95.5 Å². The van der Waals surface area contributed by atoms with Gasteiger partial charge in [-0.1, -0.05) is 13.8 Å². The Morgan fingerprint density at radius 2 is 1.67 bits per heavy atom. The van der Waals surface area contributed by atoms with E-state index in [-0.39, 0.29) is 17.7 Å². The maximum atomic E-state index is 11.4. The molecular weight excluding hydrogens is 256 g/mol. The van der Waals surface area contributed by atoms with Crippen LogP contribution in [0.2, 0.25) is 0 Å². The summed E-state index contributed by atoms with van der Waals surface area (Å²) < 4.78 is 11.1. The van der Waals surface area contributed by atoms with Gasteiger partial charge < -0.3 is 15.7 Å². The summed E-state index contributed by atoms with van der Waals surface area (Å²) in [4.78, 5) is 22.3. The molecule has 0 aromatic carbocycles. The van der Waals surface area contributed by atoms with Gasteiger partial charge in [0, 0.05) is 35.4 Å². The molecule has 3 unspecified atom stereocenters. The van der Waals surface area contributed by atoms with Crippen LogP contribution in [0.15, 0.2) is 0 Å². The molecule has 106 valence electrons. The van der Waals surface area contributed by atoms with Crippen molar-refractivity contribution in [2.75, 3.05) is 19.3 Å². The average molecular weight is 278 g/mol. The number of amides is 2. The number of urea groups is 1. The van der Waals surface area contributed by atoms with Crippen LogP contribution >= 0.6 is 0 Å². The van der Waals surface area contributed by atoms with E-state index in [1.165, 1.54) is 0 Å². The number of carbonyl (C=O) groups excluding carboxylic acids is 1. The average Bonchev–Trinajstić information content (AvgIpc) is 2.24. The van der Waals surface area contributed by atoms with Crippen molar-refractivity contribution < 1.29 is 18.9 Å². The van der Waals surface area contributed by atoms with Crippen LogP contribution in [0.1, 0.15) is 20.8 Å². The molecular formula is C11H22N2O4S. The number of carboxylic acids is 1. The summed E-state index contributed by atoms with van der Waals surface area (Å²) in [5.74, 6) is -1.58. The smallest absolute Gasteiger partial charge is 0.314 e. The number of nitrogens with one attached hydrogen (secondary N) is 2. The van der Waals surface area contributed by atoms with E-state index >= 15 is 0 Å². The zero-order valence-electron chi connectivity index (χ0n) is 11.2. The molecule has 0 radical (unpaired) electrons. The van der Waals surface area contributed by atoms with Crippen molar-refractivity contribution in [1.82, 2.24) is 10.6 Å². The molecule has 2 amide bonds. The number of hydrogen-bond acceptors (Lipinski definition) is 3. The Labute approximate surface area is 110 Å². The quantitative estimate of drug-likeness (QED) is 0.628. The lowest BCUT2D eigenvalue weighted by Crippen LogP contribution is -2.43. The normalized spacial score (nSPS) is 15.8. The highest BCUT2D eigenvalue weighted by Gasteiger charge is 2.21. The monoisotopic (exact) mass is 278 g/mol. The standard InChI is InChI=1S/C11H22N2O4S/c1-7(2)9(10(14)15)6-13-11(16)12-5-8(3)18(4)17/h7-9H,5-6H2,1-4H3,(H,14,15)(H2,12,13,16). The van der Waals surface area contributed by atoms with Gasteiger partial charge in [0.1, 0.15) is 0 Å². The lowest BCUT2D eigenvalue weighted by molar-refractivity contribution is -0.142. The fourth-order valence-electron chi connectivity index (χ4n) is 1.23. The third-order valence-electron chi connectivity index (χ3n) is 2.72. The summed E-state index contributed by atoms with van der Waals surface area (Å²) >= 11 is 0. The van der Waals surface area contributed by atoms with Gasteiger partial charge in [0.15, 0.2) is 0 Å². The maximum Gasteiger partial charge on any atom is 0.314 e. The Morgan fingerprint density at radius 1 is 1.17 bits per heavy atom. The zero-order valence-corrected chi connectivity index (χ0v) is 12.0. The van der Waals surface area contributed by atoms with Crippen LogP contribution in [-0.2, 0) is 15.6 Å². The summed E-state index contributed by atoms with van der Waals surface area (Å²) in [6.07, 6.45) is 1.57. The number of carboxylic acid groups (broad SMARTS) is 1. The Balaban J connectivity index is 4.02. The number of rotatable bonds is 7. The molecule has 0 spiro atoms. The highest BCUT2D eigenvalue weighted by atomic mass is 32.2. The van der Waals surface area contributed by atoms with Gasteiger partial charge in [-0.05, 0) is 12.8 Å². The Bertz CT molecular complexity index is 320. The fraction of sp³-hybridized carbons (Fsp3) is 0.818. The molecule has 18 heavy (non-hydrogen) atoms. The summed E-state index contributed by atoms with van der Waals surface area (Å²) in [7, 11) is -0.991. The van der Waals surface area contributed by atoms with E-state index in [0.717, 1.165) is 0 Å². The number of hydrogen-bond donors (Lipinski definition) is 3. The molecule has 0 heterocycles. The molecule has 3 N–H and O–H groups in total. The molecule has 0 aromatic heterocycles. The van der Waals surface area contributed by atoms with Crippen LogP contribution in [-0.4, -0.2) is 45.9 Å². The van der Waals surface area contributed by atoms with Crippen LogP contribution in [0.4, 0.5) is 4.79 Å². The summed E-state index contributed by atoms with van der Waals surface area (Å²) in [5, 5.41) is 13.9. The molecule has 0 aromatic rings. The third-order valence-corrected chi connectivity index (χ3v) is 4.02. The van der Waals surface area contributed by atoms with Crippen LogP contribution in [0.5, 0.6) is 0 Å². The largest absolute Gasteiger partial charge is 0.481 e. The predicted molar refractivity (Wildman–Crippen MR) is 70.9 cm³/mol. The Morgan fingerprint density at radius 3 is 2.06 bits per heavy atom. The third kappa shape index (κ3) is 6.58. The van der Waals surface area contributed by atoms with E-state index < -0.39 is 28.7 Å². The first kappa shape index (κ1) is 16.9. The van der Waals surface area contributed by atoms with E-state index in [4.69, 9.17) is 5.11 Å². The first-order chi connectivity index (χ1) is 8.25. The second-order valence-corrected chi connectivity index (χ2v) is 6.39. The molecule has 0 bridgehead atoms. The van der Waals surface area contributed by atoms with Gasteiger partial charge in [-0.2, -0.15) is 0 Å². The maximum absolute atomic E-state index is 11.4. The van der Waals surface area contributed by atoms with Crippen molar-refractivity contribution in [2.24, 2.45) is 11.8 Å². The highest BCUT2D eigenvalue weighted by Crippen LogP contribution is 2.09. The van der Waals surface area contributed by atoms with Crippen LogP contribution in [0, 0.1) is 11.8 Å². The molecule has 0 saturated carbocycles. The number of carbonyl (C=O) groups is 2. The van der Waals surface area contributed by atoms with Gasteiger partial charge in [-0.15, -0.1) is 0 Å². The first-order valence-electron chi connectivity index (χ1n) is 5.82. The van der Waals surface area contributed by atoms with Crippen molar-refractivity contribution in [3.63, 3.8) is 0 Å². The molecule has 0 fully saturated rings. The van der Waals surface area contributed by atoms with Gasteiger partial charge >= 0.3 is 12.0 Å². The minimum Gasteiger partial charge on any atom is -0.481 e. The van der Waals surface area contributed by atoms with E-state index in [9.17, 15) is 13.8 Å². The van der Waals surface area contributed by atoms with E-state index in [1.54, 1.807) is 27.0 Å². The van der Waals surface area contributed by atoms with Gasteiger partial charge in [0.2, 0.25) is 0 Å². The molecule has 3 atom stereocenters. The zero-order chi connectivity index (χ0) is 14.3. The van der Waals surface area contributed by atoms with Crippen LogP contribution in [0.25, 0.3) is 0 Å². The first-order valence-corrected chi connectivity index (χ1v) is 7.44. The lowest BCUT2D eigenvalue weighted by Gasteiger charge is -2.17. The van der Waals surface area contributed by atoms with Crippen molar-refractivity contribution in [1.29, 1.82) is 0 Å². The SMILES string of the molecule is CC(C)C(CNC(=O)NCC(C)S(C)=O)C(=O)O. The Kier molecular flexibility index (Phi) is 7.58. The lowest BCUT2D eigenvalue weighted by atomic mass is 9.96. The summed E-state index contributed by atoms with van der Waals surface area (Å²) in [6, 6.07) is -0.431. The molecule has 0 saturated heterocycles. The fourth-order valence-corrected chi connectivity index (χ4v) is 1.55. The van der Waals surface area contributed by atoms with Gasteiger partial charge in [0.05, 0.1) is 5.92 Å². The van der Waals surface area contributed by atoms with E-state index in [2.05, 4.69) is 10.6 Å². The van der Waals surface area contributed by atoms with Crippen molar-refractivity contribution >= 4 is 22.8 Å². The van der Waals surface area contributed by atoms with E-state index in [0.29, 0.717) is 6.54 Å². The molecule has 0 aliphatic rings. The Hall–Kier alpha value is -1.11. The second-order valence-electron chi connectivity index (χ2n) is 4.59. The highest BCUT2D eigenvalue weighted by molar-refractivity contribution is 7.84.